The predicted molar refractivity (Wildman–Crippen MR) is 76.9 cm³/mol. The van der Waals surface area contributed by atoms with Gasteiger partial charge in [-0.25, -0.2) is 8.78 Å². The van der Waals surface area contributed by atoms with Crippen LogP contribution in [0.2, 0.25) is 10.0 Å². The van der Waals surface area contributed by atoms with E-state index in [2.05, 4.69) is 5.32 Å². The van der Waals surface area contributed by atoms with Gasteiger partial charge in [-0.05, 0) is 29.7 Å². The van der Waals surface area contributed by atoms with Crippen molar-refractivity contribution in [2.45, 2.75) is 31.4 Å². The molecular weight excluding hydrogens is 321 g/mol. The number of alkyl halides is 2. The molecule has 0 radical (unpaired) electrons. The Morgan fingerprint density at radius 3 is 2.81 bits per heavy atom. The Labute approximate surface area is 131 Å². The zero-order valence-electron chi connectivity index (χ0n) is 11.1. The van der Waals surface area contributed by atoms with E-state index in [1.807, 2.05) is 0 Å². The number of halogens is 4. The van der Waals surface area contributed by atoms with E-state index < -0.39 is 24.9 Å². The van der Waals surface area contributed by atoms with Crippen LogP contribution in [-0.4, -0.2) is 35.9 Å². The van der Waals surface area contributed by atoms with Crippen molar-refractivity contribution in [2.75, 3.05) is 13.1 Å². The summed E-state index contributed by atoms with van der Waals surface area (Å²) < 4.78 is 26.4. The van der Waals surface area contributed by atoms with E-state index in [0.717, 1.165) is 11.1 Å². The van der Waals surface area contributed by atoms with E-state index in [4.69, 9.17) is 23.2 Å². The van der Waals surface area contributed by atoms with Crippen molar-refractivity contribution in [2.24, 2.45) is 0 Å². The highest BCUT2D eigenvalue weighted by Crippen LogP contribution is 2.31. The lowest BCUT2D eigenvalue weighted by molar-refractivity contribution is -0.134. The number of nitrogens with zero attached hydrogens (tertiary/aromatic N) is 1. The van der Waals surface area contributed by atoms with Gasteiger partial charge >= 0.3 is 0 Å². The zero-order valence-corrected chi connectivity index (χ0v) is 12.6. The van der Waals surface area contributed by atoms with Gasteiger partial charge in [-0.15, -0.1) is 0 Å². The summed E-state index contributed by atoms with van der Waals surface area (Å²) in [6.07, 6.45) is 0.172. The van der Waals surface area contributed by atoms with Crippen molar-refractivity contribution in [3.63, 3.8) is 0 Å². The predicted octanol–water partition coefficient (Wildman–Crippen LogP) is 2.88. The number of rotatable bonds is 1. The van der Waals surface area contributed by atoms with E-state index in [-0.39, 0.29) is 5.91 Å². The highest BCUT2D eigenvalue weighted by molar-refractivity contribution is 6.35. The average Bonchev–Trinajstić information content (AvgIpc) is 2.77. The third kappa shape index (κ3) is 3.00. The Morgan fingerprint density at radius 2 is 2.14 bits per heavy atom. The molecule has 1 amide bonds. The largest absolute Gasteiger partial charge is 0.337 e. The first-order valence-electron chi connectivity index (χ1n) is 6.72. The van der Waals surface area contributed by atoms with Gasteiger partial charge in [0, 0.05) is 29.6 Å². The second-order valence-corrected chi connectivity index (χ2v) is 6.37. The molecule has 7 heteroatoms. The van der Waals surface area contributed by atoms with Gasteiger partial charge in [0.1, 0.15) is 0 Å². The number of hydrogen-bond acceptors (Lipinski definition) is 2. The Morgan fingerprint density at radius 1 is 1.38 bits per heavy atom. The van der Waals surface area contributed by atoms with E-state index in [0.29, 0.717) is 29.6 Å². The Balaban J connectivity index is 1.76. The number of fused-ring (bicyclic) bond motifs is 1. The van der Waals surface area contributed by atoms with Crippen molar-refractivity contribution < 1.29 is 13.6 Å². The van der Waals surface area contributed by atoms with Gasteiger partial charge in [0.05, 0.1) is 12.6 Å². The summed E-state index contributed by atoms with van der Waals surface area (Å²) in [6, 6.07) is 2.65. The van der Waals surface area contributed by atoms with Crippen LogP contribution in [0.15, 0.2) is 12.1 Å². The minimum atomic E-state index is -2.80. The summed E-state index contributed by atoms with van der Waals surface area (Å²) in [5, 5.41) is 3.70. The molecule has 114 valence electrons. The zero-order chi connectivity index (χ0) is 15.2. The first-order valence-corrected chi connectivity index (χ1v) is 7.48. The molecule has 1 aromatic rings. The van der Waals surface area contributed by atoms with Gasteiger partial charge in [-0.2, -0.15) is 0 Å². The summed E-state index contributed by atoms with van der Waals surface area (Å²) in [5.41, 5.74) is 1.87. The number of carbonyl (C=O) groups is 1. The van der Waals surface area contributed by atoms with E-state index in [1.165, 1.54) is 0 Å². The molecule has 1 unspecified atom stereocenters. The Bertz CT molecular complexity index is 595. The molecule has 1 saturated heterocycles. The summed E-state index contributed by atoms with van der Waals surface area (Å²) >= 11 is 12.1. The lowest BCUT2D eigenvalue weighted by Gasteiger charge is -2.31. The molecule has 0 aromatic heterocycles. The van der Waals surface area contributed by atoms with E-state index in [1.54, 1.807) is 17.0 Å². The summed E-state index contributed by atoms with van der Waals surface area (Å²) in [5.74, 6) is -3.09. The molecule has 1 atom stereocenters. The molecule has 2 heterocycles. The van der Waals surface area contributed by atoms with Crippen LogP contribution >= 0.6 is 23.2 Å². The summed E-state index contributed by atoms with van der Waals surface area (Å²) in [6.45, 7) is 0.403. The van der Waals surface area contributed by atoms with Crippen LogP contribution in [0.1, 0.15) is 17.5 Å². The monoisotopic (exact) mass is 334 g/mol. The van der Waals surface area contributed by atoms with E-state index in [9.17, 15) is 13.6 Å². The number of carbonyl (C=O) groups excluding carboxylic acids is 1. The first-order chi connectivity index (χ1) is 9.85. The Hall–Kier alpha value is -0.910. The molecule has 21 heavy (non-hydrogen) atoms. The number of benzene rings is 1. The molecular formula is C14H14Cl2F2N2O. The highest BCUT2D eigenvalue weighted by atomic mass is 35.5. The van der Waals surface area contributed by atoms with Crippen molar-refractivity contribution in [1.82, 2.24) is 10.2 Å². The molecule has 3 rings (SSSR count). The molecule has 2 aliphatic rings. The molecule has 1 N–H and O–H groups in total. The molecule has 1 fully saturated rings. The van der Waals surface area contributed by atoms with Crippen molar-refractivity contribution in [1.29, 1.82) is 0 Å². The first kappa shape index (κ1) is 15.0. The second-order valence-electron chi connectivity index (χ2n) is 5.53. The van der Waals surface area contributed by atoms with Crippen LogP contribution in [0, 0.1) is 0 Å². The molecule has 0 aliphatic carbocycles. The van der Waals surface area contributed by atoms with Crippen molar-refractivity contribution in [3.8, 4) is 0 Å². The number of nitrogens with one attached hydrogen (secondary N) is 1. The molecule has 2 aliphatic heterocycles. The third-order valence-electron chi connectivity index (χ3n) is 3.97. The third-order valence-corrected chi connectivity index (χ3v) is 4.52. The van der Waals surface area contributed by atoms with Crippen LogP contribution in [0.4, 0.5) is 8.78 Å². The maximum Gasteiger partial charge on any atom is 0.262 e. The Kier molecular flexibility index (Phi) is 3.84. The minimum absolute atomic E-state index is 0.283. The van der Waals surface area contributed by atoms with Crippen LogP contribution < -0.4 is 5.32 Å². The van der Waals surface area contributed by atoms with Gasteiger partial charge in [0.15, 0.2) is 0 Å². The van der Waals surface area contributed by atoms with Crippen LogP contribution in [0.25, 0.3) is 0 Å². The number of hydrogen-bond donors (Lipinski definition) is 1. The molecule has 3 nitrogen and oxygen atoms in total. The SMILES string of the molecule is O=C(C1CC(F)(F)CN1)N1CCc2c(Cl)cc(Cl)cc2C1. The standard InChI is InChI=1S/C14H14Cl2F2N2O/c15-9-3-8-6-20(2-1-10(8)11(16)4-9)13(21)12-5-14(17,18)7-19-12/h3-4,12,19H,1-2,5-7H2. The maximum atomic E-state index is 13.2. The van der Waals surface area contributed by atoms with Gasteiger partial charge in [-0.3, -0.25) is 10.1 Å². The fourth-order valence-corrected chi connectivity index (χ4v) is 3.54. The normalized spacial score (nSPS) is 24.0. The fraction of sp³-hybridized carbons (Fsp3) is 0.500. The summed E-state index contributed by atoms with van der Waals surface area (Å²) in [4.78, 5) is 13.9. The van der Waals surface area contributed by atoms with Gasteiger partial charge in [0.25, 0.3) is 5.92 Å². The smallest absolute Gasteiger partial charge is 0.262 e. The maximum absolute atomic E-state index is 13.2. The average molecular weight is 335 g/mol. The molecule has 0 saturated carbocycles. The molecule has 1 aromatic carbocycles. The topological polar surface area (TPSA) is 32.3 Å². The lowest BCUT2D eigenvalue weighted by atomic mass is 9.99. The molecule has 0 spiro atoms. The van der Waals surface area contributed by atoms with Crippen LogP contribution in [0.5, 0.6) is 0 Å². The minimum Gasteiger partial charge on any atom is -0.337 e. The van der Waals surface area contributed by atoms with E-state index >= 15 is 0 Å². The fourth-order valence-electron chi connectivity index (χ4n) is 2.91. The number of amides is 1. The second kappa shape index (κ2) is 5.38. The van der Waals surface area contributed by atoms with Crippen molar-refractivity contribution in [3.05, 3.63) is 33.3 Å². The van der Waals surface area contributed by atoms with Crippen LogP contribution in [0.3, 0.4) is 0 Å². The lowest BCUT2D eigenvalue weighted by Crippen LogP contribution is -2.45. The van der Waals surface area contributed by atoms with Gasteiger partial charge in [-0.1, -0.05) is 23.2 Å². The van der Waals surface area contributed by atoms with Crippen LogP contribution in [-0.2, 0) is 17.8 Å². The van der Waals surface area contributed by atoms with Gasteiger partial charge < -0.3 is 4.90 Å². The quantitative estimate of drug-likeness (QED) is 0.856. The highest BCUT2D eigenvalue weighted by Gasteiger charge is 2.43. The van der Waals surface area contributed by atoms with Crippen molar-refractivity contribution >= 4 is 29.1 Å². The summed E-state index contributed by atoms with van der Waals surface area (Å²) in [7, 11) is 0. The van der Waals surface area contributed by atoms with Gasteiger partial charge in [0.2, 0.25) is 5.91 Å². The molecule has 0 bridgehead atoms.